The topological polar surface area (TPSA) is 6.48 Å². The van der Waals surface area contributed by atoms with Crippen LogP contribution in [0.2, 0.25) is 3.97 Å². The summed E-state index contributed by atoms with van der Waals surface area (Å²) < 4.78 is 0.582. The van der Waals surface area contributed by atoms with Gasteiger partial charge in [0, 0.05) is 0 Å². The normalized spacial score (nSPS) is 12.7. The zero-order chi connectivity index (χ0) is 11.9. The Bertz CT molecular complexity index is 140. The first-order valence-electron chi connectivity index (χ1n) is 5.92. The van der Waals surface area contributed by atoms with Gasteiger partial charge in [-0.1, -0.05) is 0 Å². The molecule has 0 N–H and O–H groups in total. The molecule has 0 atom stereocenters. The van der Waals surface area contributed by atoms with Crippen LogP contribution in [0.4, 0.5) is 0 Å². The van der Waals surface area contributed by atoms with Crippen LogP contribution in [0.5, 0.6) is 0 Å². The van der Waals surface area contributed by atoms with Crippen LogP contribution in [0.25, 0.3) is 0 Å². The van der Waals surface area contributed by atoms with E-state index in [4.69, 9.17) is 0 Å². The van der Waals surface area contributed by atoms with Crippen LogP contribution in [-0.2, 0) is 0 Å². The number of rotatable bonds is 8. The van der Waals surface area contributed by atoms with Crippen molar-refractivity contribution in [2.24, 2.45) is 0 Å². The molecule has 15 heavy (non-hydrogen) atoms. The molecule has 88 valence electrons. The first-order chi connectivity index (χ1) is 6.83. The molecule has 0 fully saturated rings. The van der Waals surface area contributed by atoms with Crippen molar-refractivity contribution in [1.82, 2.24) is 9.80 Å². The number of hydrogen-bond acceptors (Lipinski definition) is 2. The predicted molar refractivity (Wildman–Crippen MR) is 69.7 cm³/mol. The van der Waals surface area contributed by atoms with E-state index in [0.717, 1.165) is 0 Å². The van der Waals surface area contributed by atoms with Gasteiger partial charge >= 0.3 is 106 Å². The first-order valence-corrected chi connectivity index (χ1v) is 7.13. The number of hydrogen-bond donors (Lipinski definition) is 0. The Hall–Kier alpha value is 0.556. The van der Waals surface area contributed by atoms with Crippen molar-refractivity contribution in [2.45, 2.75) is 36.6 Å². The third-order valence-electron chi connectivity index (χ3n) is 2.71. The summed E-state index contributed by atoms with van der Waals surface area (Å²) in [5.74, 6) is 0. The van der Waals surface area contributed by atoms with E-state index >= 15 is 0 Å². The van der Waals surface area contributed by atoms with E-state index in [1.807, 2.05) is 18.6 Å². The second-order valence-corrected chi connectivity index (χ2v) is 8.39. The molecule has 0 aromatic carbocycles. The monoisotopic (exact) mass is 268 g/mol. The van der Waals surface area contributed by atoms with Gasteiger partial charge in [-0.3, -0.25) is 0 Å². The van der Waals surface area contributed by atoms with Crippen molar-refractivity contribution in [3.8, 4) is 0 Å². The van der Waals surface area contributed by atoms with E-state index in [1.54, 1.807) is 0 Å². The van der Waals surface area contributed by atoms with E-state index in [1.165, 1.54) is 38.8 Å². The Morgan fingerprint density at radius 1 is 0.867 bits per heavy atom. The average molecular weight is 269 g/mol. The molecular weight excluding hydrogens is 242 g/mol. The quantitative estimate of drug-likeness (QED) is 0.622. The molecule has 0 bridgehead atoms. The Morgan fingerprint density at radius 3 is 1.47 bits per heavy atom. The van der Waals surface area contributed by atoms with Crippen molar-refractivity contribution >= 4 is 18.6 Å². The molecule has 0 heterocycles. The molecule has 0 aliphatic heterocycles. The van der Waals surface area contributed by atoms with E-state index in [2.05, 4.69) is 44.9 Å². The van der Waals surface area contributed by atoms with Crippen LogP contribution in [0.1, 0.15) is 32.6 Å². The van der Waals surface area contributed by atoms with Gasteiger partial charge in [-0.25, -0.2) is 0 Å². The fourth-order valence-electron chi connectivity index (χ4n) is 1.72. The maximum atomic E-state index is 2.43. The summed E-state index contributed by atoms with van der Waals surface area (Å²) in [6, 6.07) is 0. The zero-order valence-electron chi connectivity index (χ0n) is 11.2. The summed E-state index contributed by atoms with van der Waals surface area (Å²) in [6.45, 7) is 4.89. The van der Waals surface area contributed by atoms with E-state index in [0.29, 0.717) is 3.97 Å². The first kappa shape index (κ1) is 15.6. The van der Waals surface area contributed by atoms with Crippen molar-refractivity contribution < 1.29 is 0 Å². The van der Waals surface area contributed by atoms with Gasteiger partial charge in [0.2, 0.25) is 0 Å². The molecule has 0 aromatic rings. The fourth-order valence-corrected chi connectivity index (χ4v) is 2.58. The van der Waals surface area contributed by atoms with Gasteiger partial charge in [0.05, 0.1) is 0 Å². The van der Waals surface area contributed by atoms with Crippen LogP contribution in [0.15, 0.2) is 0 Å². The van der Waals surface area contributed by atoms with Gasteiger partial charge in [-0.2, -0.15) is 0 Å². The minimum atomic E-state index is 0.582. The molecule has 0 aliphatic carbocycles. The Morgan fingerprint density at radius 2 is 1.20 bits per heavy atom. The van der Waals surface area contributed by atoms with Gasteiger partial charge < -0.3 is 0 Å². The standard InChI is InChI=1S/C12H27N2.Ga/c1-12(8-6-10-13(2)3)9-7-11-14(4)5;/h6-11H2,1-5H3;. The third-order valence-corrected chi connectivity index (χ3v) is 3.92. The molecule has 0 saturated heterocycles. The summed E-state index contributed by atoms with van der Waals surface area (Å²) in [5, 5.41) is 0. The van der Waals surface area contributed by atoms with Crippen molar-refractivity contribution in [3.05, 3.63) is 0 Å². The Kier molecular flexibility index (Phi) is 8.06. The van der Waals surface area contributed by atoms with Crippen LogP contribution >= 0.6 is 0 Å². The van der Waals surface area contributed by atoms with Gasteiger partial charge in [0.1, 0.15) is 0 Å². The average Bonchev–Trinajstić information content (AvgIpc) is 2.01. The molecule has 0 saturated carbocycles. The minimum absolute atomic E-state index is 0.582. The van der Waals surface area contributed by atoms with E-state index in [-0.39, 0.29) is 0 Å². The molecule has 0 aliphatic rings. The predicted octanol–water partition coefficient (Wildman–Crippen LogP) is 2.02. The van der Waals surface area contributed by atoms with Gasteiger partial charge in [-0.05, 0) is 0 Å². The van der Waals surface area contributed by atoms with Crippen molar-refractivity contribution in [3.63, 3.8) is 0 Å². The van der Waals surface area contributed by atoms with Crippen molar-refractivity contribution in [2.75, 3.05) is 41.3 Å². The van der Waals surface area contributed by atoms with Crippen LogP contribution in [-0.4, -0.2) is 69.7 Å². The Balaban J connectivity index is 3.57. The molecule has 0 rings (SSSR count). The van der Waals surface area contributed by atoms with Gasteiger partial charge in [-0.15, -0.1) is 0 Å². The molecule has 0 amide bonds. The maximum absolute atomic E-state index is 2.43. The SMILES string of the molecule is CN(C)CCC[C](C)([Ga])CCCN(C)C. The van der Waals surface area contributed by atoms with E-state index in [9.17, 15) is 0 Å². The summed E-state index contributed by atoms with van der Waals surface area (Å²) in [5.41, 5.74) is 0. The molecule has 0 unspecified atom stereocenters. The second-order valence-electron chi connectivity index (χ2n) is 5.47. The van der Waals surface area contributed by atoms with Crippen LogP contribution < -0.4 is 0 Å². The van der Waals surface area contributed by atoms with Gasteiger partial charge in [0.25, 0.3) is 0 Å². The molecule has 2 nitrogen and oxygen atoms in total. The second kappa shape index (κ2) is 7.77. The van der Waals surface area contributed by atoms with Crippen molar-refractivity contribution in [1.29, 1.82) is 0 Å². The molecular formula is C12H27GaN2. The zero-order valence-corrected chi connectivity index (χ0v) is 13.6. The molecule has 0 aromatic heterocycles. The molecule has 0 spiro atoms. The number of nitrogens with zero attached hydrogens (tertiary/aromatic N) is 2. The summed E-state index contributed by atoms with van der Waals surface area (Å²) >= 11 is 1.92. The van der Waals surface area contributed by atoms with Gasteiger partial charge in [0.15, 0.2) is 0 Å². The summed E-state index contributed by atoms with van der Waals surface area (Å²) in [6.07, 6.45) is 5.42. The molecule has 2 radical (unpaired) electrons. The molecule has 3 heteroatoms. The summed E-state index contributed by atoms with van der Waals surface area (Å²) in [4.78, 5) is 4.56. The third kappa shape index (κ3) is 10.8. The van der Waals surface area contributed by atoms with Crippen LogP contribution in [0, 0.1) is 0 Å². The Labute approximate surface area is 106 Å². The fraction of sp³-hybridized carbons (Fsp3) is 1.00. The van der Waals surface area contributed by atoms with E-state index < -0.39 is 0 Å². The summed E-state index contributed by atoms with van der Waals surface area (Å²) in [7, 11) is 8.63. The van der Waals surface area contributed by atoms with Crippen LogP contribution in [0.3, 0.4) is 0 Å².